The molecule has 0 unspecified atom stereocenters. The van der Waals surface area contributed by atoms with Crippen LogP contribution in [0.1, 0.15) is 25.0 Å². The number of anilines is 2. The van der Waals surface area contributed by atoms with Gasteiger partial charge in [0.15, 0.2) is 5.82 Å². The van der Waals surface area contributed by atoms with Crippen LogP contribution in [-0.2, 0) is 16.9 Å². The molecule has 1 aliphatic rings. The zero-order valence-electron chi connectivity index (χ0n) is 11.1. The van der Waals surface area contributed by atoms with E-state index in [0.29, 0.717) is 17.4 Å². The van der Waals surface area contributed by atoms with E-state index in [4.69, 9.17) is 27.9 Å². The van der Waals surface area contributed by atoms with E-state index in [9.17, 15) is 0 Å². The third-order valence-electron chi connectivity index (χ3n) is 3.32. The van der Waals surface area contributed by atoms with Gasteiger partial charge in [0, 0.05) is 5.69 Å². The lowest BCUT2D eigenvalue weighted by atomic mass is 9.96. The molecular formula is C14H13Cl2N3O. The van der Waals surface area contributed by atoms with Gasteiger partial charge in [0.25, 0.3) is 0 Å². The first-order chi connectivity index (χ1) is 9.45. The summed E-state index contributed by atoms with van der Waals surface area (Å²) in [5.41, 5.74) is 3.02. The molecule has 0 saturated carbocycles. The third kappa shape index (κ3) is 2.46. The largest absolute Gasteiger partial charge is 0.366 e. The Kier molecular flexibility index (Phi) is 3.32. The molecule has 1 aliphatic heterocycles. The van der Waals surface area contributed by atoms with E-state index < -0.39 is 0 Å². The predicted molar refractivity (Wildman–Crippen MR) is 79.6 cm³/mol. The maximum absolute atomic E-state index is 6.04. The quantitative estimate of drug-likeness (QED) is 0.841. The van der Waals surface area contributed by atoms with Crippen LogP contribution in [0.4, 0.5) is 11.5 Å². The van der Waals surface area contributed by atoms with Crippen molar-refractivity contribution in [3.8, 4) is 0 Å². The number of rotatable bonds is 2. The minimum absolute atomic E-state index is 0.155. The molecule has 0 amide bonds. The number of nitrogens with zero attached hydrogens (tertiary/aromatic N) is 2. The van der Waals surface area contributed by atoms with Crippen molar-refractivity contribution in [2.24, 2.45) is 0 Å². The number of ether oxygens (including phenoxy) is 1. The fraction of sp³-hybridized carbons (Fsp3) is 0.286. The molecule has 104 valence electrons. The average Bonchev–Trinajstić information content (AvgIpc) is 2.70. The highest BCUT2D eigenvalue weighted by molar-refractivity contribution is 6.33. The van der Waals surface area contributed by atoms with Gasteiger partial charge in [0.1, 0.15) is 5.02 Å². The normalized spacial score (nSPS) is 16.0. The second kappa shape index (κ2) is 4.88. The van der Waals surface area contributed by atoms with E-state index in [1.54, 1.807) is 0 Å². The van der Waals surface area contributed by atoms with Crippen LogP contribution in [0.2, 0.25) is 10.3 Å². The van der Waals surface area contributed by atoms with E-state index in [2.05, 4.69) is 35.2 Å². The van der Waals surface area contributed by atoms with Gasteiger partial charge in [-0.1, -0.05) is 17.7 Å². The van der Waals surface area contributed by atoms with Crippen LogP contribution in [0.5, 0.6) is 0 Å². The van der Waals surface area contributed by atoms with Crippen molar-refractivity contribution in [3.05, 3.63) is 45.8 Å². The second-order valence-corrected chi connectivity index (χ2v) is 5.88. The average molecular weight is 310 g/mol. The minimum atomic E-state index is -0.232. The first-order valence-electron chi connectivity index (χ1n) is 6.18. The van der Waals surface area contributed by atoms with Crippen LogP contribution < -0.4 is 5.32 Å². The molecule has 0 bridgehead atoms. The molecule has 20 heavy (non-hydrogen) atoms. The summed E-state index contributed by atoms with van der Waals surface area (Å²) in [6, 6.07) is 6.07. The highest BCUT2D eigenvalue weighted by atomic mass is 35.5. The smallest absolute Gasteiger partial charge is 0.224 e. The lowest BCUT2D eigenvalue weighted by molar-refractivity contribution is -0.00789. The third-order valence-corrected chi connectivity index (χ3v) is 3.78. The van der Waals surface area contributed by atoms with Crippen LogP contribution in [0.25, 0.3) is 0 Å². The van der Waals surface area contributed by atoms with Crippen molar-refractivity contribution in [2.45, 2.75) is 26.1 Å². The molecule has 0 aliphatic carbocycles. The zero-order valence-corrected chi connectivity index (χ0v) is 12.6. The van der Waals surface area contributed by atoms with Crippen LogP contribution in [-0.4, -0.2) is 9.97 Å². The van der Waals surface area contributed by atoms with E-state index in [0.717, 1.165) is 11.3 Å². The van der Waals surface area contributed by atoms with Crippen LogP contribution in [0.3, 0.4) is 0 Å². The van der Waals surface area contributed by atoms with Gasteiger partial charge in [0.2, 0.25) is 5.28 Å². The Labute approximate surface area is 127 Å². The lowest BCUT2D eigenvalue weighted by Gasteiger charge is -2.18. The van der Waals surface area contributed by atoms with E-state index in [1.165, 1.54) is 11.8 Å². The highest BCUT2D eigenvalue weighted by Gasteiger charge is 2.30. The Hall–Kier alpha value is -1.36. The number of hydrogen-bond acceptors (Lipinski definition) is 4. The molecule has 6 heteroatoms. The molecule has 2 heterocycles. The van der Waals surface area contributed by atoms with Crippen molar-refractivity contribution in [3.63, 3.8) is 0 Å². The van der Waals surface area contributed by atoms with Crippen molar-refractivity contribution in [1.29, 1.82) is 0 Å². The summed E-state index contributed by atoms with van der Waals surface area (Å²) in [6.45, 7) is 4.73. The zero-order chi connectivity index (χ0) is 14.3. The van der Waals surface area contributed by atoms with Gasteiger partial charge in [-0.15, -0.1) is 0 Å². The summed E-state index contributed by atoms with van der Waals surface area (Å²) in [4.78, 5) is 7.89. The van der Waals surface area contributed by atoms with Gasteiger partial charge in [-0.3, -0.25) is 0 Å². The Balaban J connectivity index is 1.91. The number of hydrogen-bond donors (Lipinski definition) is 1. The Morgan fingerprint density at radius 3 is 2.90 bits per heavy atom. The maximum atomic E-state index is 6.04. The minimum Gasteiger partial charge on any atom is -0.366 e. The van der Waals surface area contributed by atoms with Gasteiger partial charge < -0.3 is 10.1 Å². The number of fused-ring (bicyclic) bond motifs is 1. The molecule has 3 rings (SSSR count). The van der Waals surface area contributed by atoms with Crippen LogP contribution >= 0.6 is 23.2 Å². The fourth-order valence-corrected chi connectivity index (χ4v) is 2.56. The first-order valence-corrected chi connectivity index (χ1v) is 6.94. The molecular weight excluding hydrogens is 297 g/mol. The molecule has 1 aromatic carbocycles. The van der Waals surface area contributed by atoms with Crippen molar-refractivity contribution >= 4 is 34.7 Å². The maximum Gasteiger partial charge on any atom is 0.224 e. The molecule has 0 radical (unpaired) electrons. The summed E-state index contributed by atoms with van der Waals surface area (Å²) in [6.07, 6.45) is 1.47. The van der Waals surface area contributed by atoms with Crippen molar-refractivity contribution in [1.82, 2.24) is 9.97 Å². The standard InChI is InChI=1S/C14H13Cl2N3O/c1-14(2)10-4-3-9(5-8(10)7-20-14)18-12-11(15)6-17-13(16)19-12/h3-6H,7H2,1-2H3,(H,17,18,19). The van der Waals surface area contributed by atoms with E-state index in [1.807, 2.05) is 12.1 Å². The number of halogens is 2. The molecule has 2 aromatic rings. The molecule has 0 atom stereocenters. The van der Waals surface area contributed by atoms with Gasteiger partial charge in [-0.25, -0.2) is 4.98 Å². The molecule has 0 spiro atoms. The monoisotopic (exact) mass is 309 g/mol. The fourth-order valence-electron chi connectivity index (χ4n) is 2.28. The van der Waals surface area contributed by atoms with Gasteiger partial charge in [-0.2, -0.15) is 4.98 Å². The topological polar surface area (TPSA) is 47.0 Å². The lowest BCUT2D eigenvalue weighted by Crippen LogP contribution is -2.14. The van der Waals surface area contributed by atoms with Gasteiger partial charge >= 0.3 is 0 Å². The van der Waals surface area contributed by atoms with E-state index >= 15 is 0 Å². The summed E-state index contributed by atoms with van der Waals surface area (Å²) in [5.74, 6) is 0.491. The van der Waals surface area contributed by atoms with Gasteiger partial charge in [-0.05, 0) is 48.7 Å². The Morgan fingerprint density at radius 1 is 1.30 bits per heavy atom. The second-order valence-electron chi connectivity index (χ2n) is 5.13. The summed E-state index contributed by atoms with van der Waals surface area (Å²) in [7, 11) is 0. The summed E-state index contributed by atoms with van der Waals surface area (Å²) >= 11 is 11.8. The summed E-state index contributed by atoms with van der Waals surface area (Å²) < 4.78 is 5.76. The molecule has 1 N–H and O–H groups in total. The van der Waals surface area contributed by atoms with Crippen molar-refractivity contribution in [2.75, 3.05) is 5.32 Å². The molecule has 0 saturated heterocycles. The Morgan fingerprint density at radius 2 is 2.10 bits per heavy atom. The van der Waals surface area contributed by atoms with Crippen molar-refractivity contribution < 1.29 is 4.74 Å². The predicted octanol–water partition coefficient (Wildman–Crippen LogP) is 4.29. The van der Waals surface area contributed by atoms with Crippen LogP contribution in [0.15, 0.2) is 24.4 Å². The molecule has 0 fully saturated rings. The molecule has 4 nitrogen and oxygen atoms in total. The number of benzene rings is 1. The Bertz CT molecular complexity index is 673. The number of aromatic nitrogens is 2. The summed E-state index contributed by atoms with van der Waals surface area (Å²) in [5, 5.41) is 3.72. The number of nitrogens with one attached hydrogen (secondary N) is 1. The van der Waals surface area contributed by atoms with Gasteiger partial charge in [0.05, 0.1) is 18.4 Å². The van der Waals surface area contributed by atoms with Crippen LogP contribution in [0, 0.1) is 0 Å². The SMILES string of the molecule is CC1(C)OCc2cc(Nc3nc(Cl)ncc3Cl)ccc21. The highest BCUT2D eigenvalue weighted by Crippen LogP contribution is 2.37. The van der Waals surface area contributed by atoms with E-state index in [-0.39, 0.29) is 10.9 Å². The molecule has 1 aromatic heterocycles. The first kappa shape index (κ1) is 13.6.